The molecule has 12 heavy (non-hydrogen) atoms. The molecule has 0 saturated heterocycles. The third-order valence-electron chi connectivity index (χ3n) is 1.79. The van der Waals surface area contributed by atoms with Gasteiger partial charge in [-0.15, -0.1) is 0 Å². The van der Waals surface area contributed by atoms with E-state index in [0.29, 0.717) is 11.8 Å². The molecule has 0 aliphatic heterocycles. The van der Waals surface area contributed by atoms with Crippen molar-refractivity contribution in [1.82, 2.24) is 0 Å². The predicted molar refractivity (Wildman–Crippen MR) is 53.6 cm³/mol. The van der Waals surface area contributed by atoms with Crippen LogP contribution >= 0.6 is 0 Å². The van der Waals surface area contributed by atoms with Gasteiger partial charge in [-0.05, 0) is 17.4 Å². The molecule has 0 aliphatic carbocycles. The molecule has 0 bridgehead atoms. The Bertz CT molecular complexity index is 190. The van der Waals surface area contributed by atoms with E-state index in [1.54, 1.807) is 6.21 Å². The zero-order chi connectivity index (χ0) is 9.72. The Balaban J connectivity index is 4.80. The highest BCUT2D eigenvalue weighted by molar-refractivity contribution is 5.79. The molecule has 0 amide bonds. The first-order valence-corrected chi connectivity index (χ1v) is 4.23. The van der Waals surface area contributed by atoms with Crippen molar-refractivity contribution >= 4 is 6.21 Å². The van der Waals surface area contributed by atoms with Crippen LogP contribution in [0, 0.1) is 11.8 Å². The molecule has 3 heteroatoms. The summed E-state index contributed by atoms with van der Waals surface area (Å²) in [7, 11) is 0. The van der Waals surface area contributed by atoms with Crippen LogP contribution in [0.1, 0.15) is 27.7 Å². The van der Waals surface area contributed by atoms with Crippen LogP contribution in [0.2, 0.25) is 0 Å². The summed E-state index contributed by atoms with van der Waals surface area (Å²) in [6.45, 7) is 8.27. The number of hydrazone groups is 1. The van der Waals surface area contributed by atoms with Crippen molar-refractivity contribution in [3.8, 4) is 0 Å². The zero-order valence-corrected chi connectivity index (χ0v) is 8.33. The fraction of sp³-hybridized carbons (Fsp3) is 0.667. The van der Waals surface area contributed by atoms with E-state index in [0.717, 1.165) is 11.3 Å². The Hall–Kier alpha value is -0.990. The number of allylic oxidation sites excluding steroid dienone is 2. The van der Waals surface area contributed by atoms with Crippen LogP contribution < -0.4 is 11.6 Å². The average Bonchev–Trinajstić information content (AvgIpc) is 1.98. The smallest absolute Gasteiger partial charge is 0.0517 e. The Morgan fingerprint density at radius 2 is 1.67 bits per heavy atom. The van der Waals surface area contributed by atoms with Crippen LogP contribution in [0.15, 0.2) is 16.4 Å². The summed E-state index contributed by atoms with van der Waals surface area (Å²) in [6.07, 6.45) is 1.64. The molecule has 3 nitrogen and oxygen atoms in total. The zero-order valence-electron chi connectivity index (χ0n) is 8.33. The number of hydrogen-bond donors (Lipinski definition) is 2. The van der Waals surface area contributed by atoms with Crippen molar-refractivity contribution in [2.75, 3.05) is 0 Å². The van der Waals surface area contributed by atoms with Gasteiger partial charge in [0, 0.05) is 5.70 Å². The molecule has 70 valence electrons. The summed E-state index contributed by atoms with van der Waals surface area (Å²) >= 11 is 0. The van der Waals surface area contributed by atoms with E-state index in [9.17, 15) is 0 Å². The lowest BCUT2D eigenvalue weighted by Crippen LogP contribution is -2.13. The molecule has 0 aromatic heterocycles. The lowest BCUT2D eigenvalue weighted by molar-refractivity contribution is 0.706. The topological polar surface area (TPSA) is 64.4 Å². The number of rotatable bonds is 3. The molecule has 0 spiro atoms. The van der Waals surface area contributed by atoms with Crippen LogP contribution in [-0.2, 0) is 0 Å². The molecule has 4 N–H and O–H groups in total. The molecule has 0 aromatic rings. The minimum Gasteiger partial charge on any atom is -0.402 e. The Morgan fingerprint density at radius 1 is 1.17 bits per heavy atom. The summed E-state index contributed by atoms with van der Waals surface area (Å²) in [4.78, 5) is 0. The van der Waals surface area contributed by atoms with Crippen molar-refractivity contribution in [2.45, 2.75) is 27.7 Å². The van der Waals surface area contributed by atoms with Crippen molar-refractivity contribution < 1.29 is 0 Å². The van der Waals surface area contributed by atoms with Crippen LogP contribution in [0.3, 0.4) is 0 Å². The van der Waals surface area contributed by atoms with Gasteiger partial charge in [-0.1, -0.05) is 27.7 Å². The average molecular weight is 169 g/mol. The maximum absolute atomic E-state index is 5.88. The van der Waals surface area contributed by atoms with Gasteiger partial charge in [-0.2, -0.15) is 5.10 Å². The van der Waals surface area contributed by atoms with E-state index in [2.05, 4.69) is 32.8 Å². The standard InChI is InChI=1S/C9H19N3/c1-6(2)8(5-12-11)9(10)7(3)4/h5-7H,10-11H2,1-4H3/b9-8+,12-5-. The predicted octanol–water partition coefficient (Wildman–Crippen LogP) is 1.46. The van der Waals surface area contributed by atoms with E-state index in [1.807, 2.05) is 0 Å². The van der Waals surface area contributed by atoms with E-state index in [1.165, 1.54) is 0 Å². The fourth-order valence-electron chi connectivity index (χ4n) is 0.971. The molecule has 0 aliphatic rings. The SMILES string of the molecule is CC(C)/C(N)=C(/C=N\N)C(C)C. The summed E-state index contributed by atoms with van der Waals surface area (Å²) in [5, 5.41) is 3.50. The first-order valence-electron chi connectivity index (χ1n) is 4.23. The third-order valence-corrected chi connectivity index (χ3v) is 1.79. The van der Waals surface area contributed by atoms with Crippen LogP contribution in [0.5, 0.6) is 0 Å². The van der Waals surface area contributed by atoms with E-state index >= 15 is 0 Å². The number of hydrogen-bond acceptors (Lipinski definition) is 3. The monoisotopic (exact) mass is 169 g/mol. The molecule has 0 saturated carbocycles. The summed E-state index contributed by atoms with van der Waals surface area (Å²) in [5.74, 6) is 5.81. The summed E-state index contributed by atoms with van der Waals surface area (Å²) < 4.78 is 0. The Kier molecular flexibility index (Phi) is 4.40. The first-order chi connectivity index (χ1) is 5.50. The van der Waals surface area contributed by atoms with Crippen molar-refractivity contribution in [3.63, 3.8) is 0 Å². The Morgan fingerprint density at radius 3 is 1.92 bits per heavy atom. The molecule has 0 atom stereocenters. The molecule has 0 radical (unpaired) electrons. The molecule has 0 fully saturated rings. The maximum atomic E-state index is 5.88. The van der Waals surface area contributed by atoms with Gasteiger partial charge < -0.3 is 11.6 Å². The highest BCUT2D eigenvalue weighted by Crippen LogP contribution is 2.15. The highest BCUT2D eigenvalue weighted by atomic mass is 15.1. The van der Waals surface area contributed by atoms with Gasteiger partial charge in [0.2, 0.25) is 0 Å². The molecule has 0 rings (SSSR count). The van der Waals surface area contributed by atoms with E-state index in [-0.39, 0.29) is 0 Å². The second-order valence-corrected chi connectivity index (χ2v) is 3.50. The van der Waals surface area contributed by atoms with Gasteiger partial charge in [0.25, 0.3) is 0 Å². The van der Waals surface area contributed by atoms with Crippen LogP contribution in [-0.4, -0.2) is 6.21 Å². The lowest BCUT2D eigenvalue weighted by Gasteiger charge is -2.13. The van der Waals surface area contributed by atoms with Crippen LogP contribution in [0.4, 0.5) is 0 Å². The van der Waals surface area contributed by atoms with Crippen molar-refractivity contribution in [1.29, 1.82) is 0 Å². The third kappa shape index (κ3) is 2.95. The largest absolute Gasteiger partial charge is 0.402 e. The van der Waals surface area contributed by atoms with Gasteiger partial charge in [-0.3, -0.25) is 0 Å². The van der Waals surface area contributed by atoms with Crippen molar-refractivity contribution in [3.05, 3.63) is 11.3 Å². The highest BCUT2D eigenvalue weighted by Gasteiger charge is 2.08. The fourth-order valence-corrected chi connectivity index (χ4v) is 0.971. The van der Waals surface area contributed by atoms with Gasteiger partial charge in [0.1, 0.15) is 0 Å². The van der Waals surface area contributed by atoms with E-state index in [4.69, 9.17) is 11.6 Å². The van der Waals surface area contributed by atoms with E-state index < -0.39 is 0 Å². The number of nitrogens with two attached hydrogens (primary N) is 2. The summed E-state index contributed by atoms with van der Waals surface area (Å²) in [5.41, 5.74) is 7.79. The normalized spacial score (nSPS) is 14.5. The molecular formula is C9H19N3. The molecule has 0 aromatic carbocycles. The van der Waals surface area contributed by atoms with Gasteiger partial charge in [0.15, 0.2) is 0 Å². The first kappa shape index (κ1) is 11.0. The number of nitrogens with zero attached hydrogens (tertiary/aromatic N) is 1. The second kappa shape index (κ2) is 4.80. The minimum absolute atomic E-state index is 0.348. The maximum Gasteiger partial charge on any atom is 0.0517 e. The van der Waals surface area contributed by atoms with Gasteiger partial charge >= 0.3 is 0 Å². The Labute approximate surface area is 74.5 Å². The van der Waals surface area contributed by atoms with Crippen molar-refractivity contribution in [2.24, 2.45) is 28.5 Å². The van der Waals surface area contributed by atoms with Crippen LogP contribution in [0.25, 0.3) is 0 Å². The molecular weight excluding hydrogens is 150 g/mol. The lowest BCUT2D eigenvalue weighted by atomic mass is 9.97. The molecule has 0 unspecified atom stereocenters. The molecule has 0 heterocycles. The quantitative estimate of drug-likeness (QED) is 0.381. The second-order valence-electron chi connectivity index (χ2n) is 3.50. The minimum atomic E-state index is 0.348. The summed E-state index contributed by atoms with van der Waals surface area (Å²) in [6, 6.07) is 0. The van der Waals surface area contributed by atoms with Gasteiger partial charge in [0.05, 0.1) is 6.21 Å². The van der Waals surface area contributed by atoms with Gasteiger partial charge in [-0.25, -0.2) is 0 Å².